The summed E-state index contributed by atoms with van der Waals surface area (Å²) >= 11 is 0. The highest BCUT2D eigenvalue weighted by molar-refractivity contribution is 7.52. The van der Waals surface area contributed by atoms with Crippen molar-refractivity contribution < 1.29 is 13.8 Å². The van der Waals surface area contributed by atoms with Crippen molar-refractivity contribution in [2.45, 2.75) is 39.7 Å². The molecule has 4 nitrogen and oxygen atoms in total. The number of nitrogens with two attached hydrogens (primary N) is 1. The molecule has 0 saturated carbocycles. The minimum absolute atomic E-state index is 0.162. The van der Waals surface area contributed by atoms with E-state index in [1.807, 2.05) is 27.7 Å². The maximum absolute atomic E-state index is 12.1. The average molecular weight is 238 g/mol. The van der Waals surface area contributed by atoms with E-state index in [-0.39, 0.29) is 5.41 Å². The predicted molar refractivity (Wildman–Crippen MR) is 60.6 cm³/mol. The topological polar surface area (TPSA) is 64.3 Å². The van der Waals surface area contributed by atoms with Crippen LogP contribution in [0.1, 0.15) is 34.1 Å². The van der Waals surface area contributed by atoms with Crippen molar-refractivity contribution in [3.8, 4) is 0 Å². The first kappa shape index (κ1) is 14.8. The zero-order valence-electron chi connectivity index (χ0n) is 9.69. The molecule has 0 aromatic carbocycles. The molecule has 15 heavy (non-hydrogen) atoms. The van der Waals surface area contributed by atoms with Gasteiger partial charge in [-0.25, -0.2) is 10.1 Å². The molecule has 0 bridgehead atoms. The van der Waals surface area contributed by atoms with Crippen molar-refractivity contribution in [1.82, 2.24) is 5.32 Å². The Morgan fingerprint density at radius 2 is 2.00 bits per heavy atom. The molecule has 0 aliphatic heterocycles. The average Bonchev–Trinajstić information content (AvgIpc) is 2.00. The van der Waals surface area contributed by atoms with E-state index in [1.165, 1.54) is 0 Å². The van der Waals surface area contributed by atoms with Gasteiger partial charge in [0, 0.05) is 5.54 Å². The fourth-order valence-corrected chi connectivity index (χ4v) is 2.23. The lowest BCUT2D eigenvalue weighted by Gasteiger charge is -2.34. The van der Waals surface area contributed by atoms with Crippen molar-refractivity contribution in [2.24, 2.45) is 11.3 Å². The molecule has 90 valence electrons. The van der Waals surface area contributed by atoms with Crippen LogP contribution in [0.15, 0.2) is 0 Å². The molecule has 0 radical (unpaired) electrons. The summed E-state index contributed by atoms with van der Waals surface area (Å²) in [6.07, 6.45) is 0.660. The van der Waals surface area contributed by atoms with Crippen molar-refractivity contribution >= 4 is 14.5 Å². The number of amides is 1. The van der Waals surface area contributed by atoms with E-state index in [2.05, 4.69) is 10.2 Å². The Morgan fingerprint density at radius 3 is 2.40 bits per heavy atom. The monoisotopic (exact) mass is 238 g/mol. The summed E-state index contributed by atoms with van der Waals surface area (Å²) in [5, 5.41) is 2.62. The fourth-order valence-electron chi connectivity index (χ4n) is 1.85. The maximum atomic E-state index is 12.1. The van der Waals surface area contributed by atoms with Crippen molar-refractivity contribution in [2.75, 3.05) is 6.61 Å². The second kappa shape index (κ2) is 5.73. The Balaban J connectivity index is 4.29. The third kappa shape index (κ3) is 6.77. The number of halogens is 1. The van der Waals surface area contributed by atoms with Crippen molar-refractivity contribution in [1.29, 1.82) is 0 Å². The highest BCUT2D eigenvalue weighted by Crippen LogP contribution is 2.28. The van der Waals surface area contributed by atoms with Gasteiger partial charge in [0.1, 0.15) is 0 Å². The van der Waals surface area contributed by atoms with Crippen LogP contribution < -0.4 is 11.2 Å². The smallest absolute Gasteiger partial charge is 0.271 e. The van der Waals surface area contributed by atoms with Crippen LogP contribution in [0.25, 0.3) is 0 Å². The van der Waals surface area contributed by atoms with Gasteiger partial charge in [-0.3, -0.25) is 4.79 Å². The molecule has 0 heterocycles. The Labute approximate surface area is 92.0 Å². The lowest BCUT2D eigenvalue weighted by atomic mass is 9.81. The minimum Gasteiger partial charge on any atom is -0.346 e. The minimum atomic E-state index is -1.21. The van der Waals surface area contributed by atoms with Gasteiger partial charge >= 0.3 is 0 Å². The first-order valence-electron chi connectivity index (χ1n) is 4.73. The normalized spacial score (nSPS) is 13.5. The summed E-state index contributed by atoms with van der Waals surface area (Å²) < 4.78 is 12.1. The zero-order chi connectivity index (χ0) is 12.1. The van der Waals surface area contributed by atoms with Crippen LogP contribution in [0, 0.1) is 5.41 Å². The van der Waals surface area contributed by atoms with E-state index in [1.54, 1.807) is 0 Å². The first-order chi connectivity index (χ1) is 6.72. The number of hydrogen-bond donors (Lipinski definition) is 2. The molecule has 0 rings (SSSR count). The van der Waals surface area contributed by atoms with Gasteiger partial charge in [-0.05, 0) is 25.7 Å². The second-order valence-electron chi connectivity index (χ2n) is 5.08. The van der Waals surface area contributed by atoms with Gasteiger partial charge in [0.05, 0.1) is 6.61 Å². The molecule has 0 aromatic heterocycles. The van der Waals surface area contributed by atoms with Crippen LogP contribution in [0.5, 0.6) is 0 Å². The molecule has 0 aromatic rings. The van der Waals surface area contributed by atoms with Crippen LogP contribution in [0.3, 0.4) is 0 Å². The molecular weight excluding hydrogens is 218 g/mol. The molecule has 1 unspecified atom stereocenters. The van der Waals surface area contributed by atoms with Gasteiger partial charge in [-0.15, -0.1) is 0 Å². The van der Waals surface area contributed by atoms with Crippen molar-refractivity contribution in [3.05, 3.63) is 0 Å². The van der Waals surface area contributed by atoms with Gasteiger partial charge in [-0.1, -0.05) is 13.8 Å². The number of carbonyl (C=O) groups is 1. The number of rotatable bonds is 6. The van der Waals surface area contributed by atoms with Gasteiger partial charge in [-0.2, -0.15) is 0 Å². The predicted octanol–water partition coefficient (Wildman–Crippen LogP) is 2.34. The zero-order valence-corrected chi connectivity index (χ0v) is 10.7. The summed E-state index contributed by atoms with van der Waals surface area (Å²) in [5.74, 6) is 5.01. The van der Waals surface area contributed by atoms with E-state index in [0.717, 1.165) is 0 Å². The Morgan fingerprint density at radius 1 is 1.47 bits per heavy atom. The molecule has 3 N–H and O–H groups in total. The molecule has 0 aliphatic carbocycles. The Hall–Kier alpha value is -0.250. The highest BCUT2D eigenvalue weighted by atomic mass is 31.1. The molecule has 0 spiro atoms. The number of hydrogen-bond acceptors (Lipinski definition) is 3. The lowest BCUT2D eigenvalue weighted by Crippen LogP contribution is -2.45. The molecule has 6 heteroatoms. The quantitative estimate of drug-likeness (QED) is 0.551. The van der Waals surface area contributed by atoms with Crippen LogP contribution in [-0.4, -0.2) is 17.8 Å². The molecule has 0 saturated heterocycles. The lowest BCUT2D eigenvalue weighted by molar-refractivity contribution is 0.0455. The third-order valence-corrected chi connectivity index (χ3v) is 2.23. The van der Waals surface area contributed by atoms with E-state index in [9.17, 15) is 8.99 Å². The third-order valence-electron chi connectivity index (χ3n) is 1.93. The summed E-state index contributed by atoms with van der Waals surface area (Å²) in [6.45, 7) is 8.05. The van der Waals surface area contributed by atoms with Crippen LogP contribution >= 0.6 is 8.89 Å². The van der Waals surface area contributed by atoms with Crippen LogP contribution in [0.2, 0.25) is 0 Å². The highest BCUT2D eigenvalue weighted by Gasteiger charge is 2.30. The number of carbonyl (C=O) groups excluding carboxylic acids is 1. The summed E-state index contributed by atoms with van der Waals surface area (Å²) in [7, 11) is -1.21. The van der Waals surface area contributed by atoms with Crippen molar-refractivity contribution in [3.63, 3.8) is 0 Å². The van der Waals surface area contributed by atoms with Gasteiger partial charge < -0.3 is 10.2 Å². The second-order valence-corrected chi connectivity index (χ2v) is 5.73. The molecule has 1 amide bonds. The Kier molecular flexibility index (Phi) is 5.63. The largest absolute Gasteiger partial charge is 0.346 e. The van der Waals surface area contributed by atoms with Gasteiger partial charge in [0.25, 0.3) is 5.65 Å². The van der Waals surface area contributed by atoms with E-state index in [0.29, 0.717) is 13.0 Å². The summed E-state index contributed by atoms with van der Waals surface area (Å²) in [4.78, 5) is 15.5. The number of nitrogens with one attached hydrogen (secondary N) is 1. The van der Waals surface area contributed by atoms with Crippen LogP contribution in [0.4, 0.5) is 8.99 Å². The maximum Gasteiger partial charge on any atom is 0.271 e. The molecule has 0 fully saturated rings. The van der Waals surface area contributed by atoms with E-state index < -0.39 is 20.1 Å². The first-order valence-corrected chi connectivity index (χ1v) is 5.61. The molecule has 0 aliphatic rings. The molecule has 1 atom stereocenters. The van der Waals surface area contributed by atoms with Gasteiger partial charge in [0.2, 0.25) is 0 Å². The summed E-state index contributed by atoms with van der Waals surface area (Å²) in [5.41, 5.74) is -1.19. The standard InChI is InChI=1S/C9H20FN2O2P/c1-8(2,6-14-11)5-9(3,4)12-7(13)15-10/h15H,5-6,11H2,1-4H3,(H,12,13). The van der Waals surface area contributed by atoms with E-state index in [4.69, 9.17) is 5.90 Å². The Bertz CT molecular complexity index is 222. The van der Waals surface area contributed by atoms with E-state index >= 15 is 0 Å². The van der Waals surface area contributed by atoms with Crippen LogP contribution in [-0.2, 0) is 4.84 Å². The SMILES string of the molecule is CC(C)(CON)CC(C)(C)NC(=O)PF. The molecular formula is C9H20FN2O2P. The summed E-state index contributed by atoms with van der Waals surface area (Å²) in [6, 6.07) is 0. The fraction of sp³-hybridized carbons (Fsp3) is 0.889. The van der Waals surface area contributed by atoms with Gasteiger partial charge in [0.15, 0.2) is 8.89 Å².